The molecule has 1 fully saturated rings. The van der Waals surface area contributed by atoms with Gasteiger partial charge in [-0.1, -0.05) is 6.07 Å². The Hall–Kier alpha value is -3.29. The van der Waals surface area contributed by atoms with Gasteiger partial charge in [0.1, 0.15) is 5.54 Å². The first-order chi connectivity index (χ1) is 12.9. The molecule has 1 aliphatic heterocycles. The Kier molecular flexibility index (Phi) is 4.89. The maximum absolute atomic E-state index is 12.8. The Labute approximate surface area is 156 Å². The molecule has 0 aliphatic carbocycles. The van der Waals surface area contributed by atoms with Crippen LogP contribution in [-0.2, 0) is 11.2 Å². The topological polar surface area (TPSA) is 101 Å². The van der Waals surface area contributed by atoms with Crippen molar-refractivity contribution in [2.75, 3.05) is 20.8 Å². The Morgan fingerprint density at radius 1 is 1.15 bits per heavy atom. The fraction of sp³-hybridized carbons (Fsp3) is 0.316. The second-order valence-electron chi connectivity index (χ2n) is 6.53. The molecule has 0 spiro atoms. The molecule has 0 saturated carbocycles. The van der Waals surface area contributed by atoms with E-state index in [0.29, 0.717) is 17.2 Å². The summed E-state index contributed by atoms with van der Waals surface area (Å²) in [5, 5.41) is 2.70. The first-order valence-corrected chi connectivity index (χ1v) is 8.39. The van der Waals surface area contributed by atoms with Gasteiger partial charge in [-0.25, -0.2) is 4.79 Å². The molecule has 1 atom stereocenters. The van der Waals surface area contributed by atoms with Gasteiger partial charge in [-0.05, 0) is 36.8 Å². The number of ketones is 1. The summed E-state index contributed by atoms with van der Waals surface area (Å²) in [7, 11) is 3.07. The van der Waals surface area contributed by atoms with Gasteiger partial charge in [0.25, 0.3) is 5.91 Å². The minimum Gasteiger partial charge on any atom is -0.493 e. The number of urea groups is 1. The van der Waals surface area contributed by atoms with Crippen LogP contribution in [0, 0.1) is 0 Å². The van der Waals surface area contributed by atoms with Crippen molar-refractivity contribution in [2.24, 2.45) is 0 Å². The third-order valence-electron chi connectivity index (χ3n) is 4.55. The van der Waals surface area contributed by atoms with E-state index < -0.39 is 17.5 Å². The standard InChI is InChI=1S/C19H21N3O5/c1-19(10-12-6-7-15(26-2)16(9-12)27-3)17(24)22(18(25)21-19)11-14(23)13-5-4-8-20-13/h4-9,20H,10-11H2,1-3H3,(H,21,25)/t19-/m1/s1. The number of aromatic amines is 1. The molecule has 1 aromatic carbocycles. The molecule has 8 heteroatoms. The summed E-state index contributed by atoms with van der Waals surface area (Å²) in [6.45, 7) is 1.33. The highest BCUT2D eigenvalue weighted by Gasteiger charge is 2.48. The van der Waals surface area contributed by atoms with Gasteiger partial charge < -0.3 is 19.8 Å². The summed E-state index contributed by atoms with van der Waals surface area (Å²) in [5.74, 6) is 0.335. The van der Waals surface area contributed by atoms with E-state index in [1.54, 1.807) is 50.6 Å². The lowest BCUT2D eigenvalue weighted by atomic mass is 9.92. The Morgan fingerprint density at radius 2 is 1.89 bits per heavy atom. The normalized spacial score (nSPS) is 19.1. The van der Waals surface area contributed by atoms with Gasteiger partial charge in [-0.3, -0.25) is 14.5 Å². The molecule has 0 radical (unpaired) electrons. The minimum atomic E-state index is -1.15. The minimum absolute atomic E-state index is 0.255. The van der Waals surface area contributed by atoms with Crippen LogP contribution >= 0.6 is 0 Å². The number of carbonyl (C=O) groups is 3. The number of amides is 3. The molecule has 2 N–H and O–H groups in total. The lowest BCUT2D eigenvalue weighted by molar-refractivity contribution is -0.130. The van der Waals surface area contributed by atoms with E-state index in [2.05, 4.69) is 10.3 Å². The smallest absolute Gasteiger partial charge is 0.325 e. The van der Waals surface area contributed by atoms with Gasteiger partial charge in [0.15, 0.2) is 17.3 Å². The average Bonchev–Trinajstić information content (AvgIpc) is 3.25. The monoisotopic (exact) mass is 371 g/mol. The van der Waals surface area contributed by atoms with Crippen molar-refractivity contribution in [1.29, 1.82) is 0 Å². The maximum Gasteiger partial charge on any atom is 0.325 e. The molecule has 27 heavy (non-hydrogen) atoms. The number of imide groups is 1. The zero-order valence-electron chi connectivity index (χ0n) is 15.4. The largest absolute Gasteiger partial charge is 0.493 e. The van der Waals surface area contributed by atoms with Crippen molar-refractivity contribution >= 4 is 17.7 Å². The van der Waals surface area contributed by atoms with Gasteiger partial charge in [-0.15, -0.1) is 0 Å². The summed E-state index contributed by atoms with van der Waals surface area (Å²) < 4.78 is 10.5. The van der Waals surface area contributed by atoms with Crippen LogP contribution in [0.1, 0.15) is 23.0 Å². The number of H-pyrrole nitrogens is 1. The zero-order valence-corrected chi connectivity index (χ0v) is 15.4. The van der Waals surface area contributed by atoms with E-state index in [4.69, 9.17) is 9.47 Å². The summed E-state index contributed by atoms with van der Waals surface area (Å²) in [4.78, 5) is 41.1. The second kappa shape index (κ2) is 7.14. The number of Topliss-reactive ketones (excluding diaryl/α,β-unsaturated/α-hetero) is 1. The van der Waals surface area contributed by atoms with Gasteiger partial charge in [0.2, 0.25) is 0 Å². The van der Waals surface area contributed by atoms with Crippen LogP contribution in [0.25, 0.3) is 0 Å². The summed E-state index contributed by atoms with van der Waals surface area (Å²) in [6, 6.07) is 8.01. The quantitative estimate of drug-likeness (QED) is 0.571. The molecule has 8 nitrogen and oxygen atoms in total. The molecular weight excluding hydrogens is 350 g/mol. The Balaban J connectivity index is 1.77. The fourth-order valence-corrected chi connectivity index (χ4v) is 3.14. The van der Waals surface area contributed by atoms with E-state index in [1.165, 1.54) is 7.11 Å². The van der Waals surface area contributed by atoms with Gasteiger partial charge in [-0.2, -0.15) is 0 Å². The molecule has 3 amide bonds. The molecule has 142 valence electrons. The molecular formula is C19H21N3O5. The number of carbonyl (C=O) groups excluding carboxylic acids is 3. The van der Waals surface area contributed by atoms with E-state index in [9.17, 15) is 14.4 Å². The molecule has 0 unspecified atom stereocenters. The van der Waals surface area contributed by atoms with E-state index >= 15 is 0 Å². The van der Waals surface area contributed by atoms with E-state index in [-0.39, 0.29) is 18.7 Å². The number of hydrogen-bond donors (Lipinski definition) is 2. The maximum atomic E-state index is 12.8. The molecule has 1 aliphatic rings. The Bertz CT molecular complexity index is 877. The third kappa shape index (κ3) is 3.51. The van der Waals surface area contributed by atoms with Crippen molar-refractivity contribution in [2.45, 2.75) is 18.9 Å². The van der Waals surface area contributed by atoms with Crippen LogP contribution in [0.5, 0.6) is 11.5 Å². The van der Waals surface area contributed by atoms with Crippen LogP contribution in [-0.4, -0.2) is 53.9 Å². The number of benzene rings is 1. The lowest BCUT2D eigenvalue weighted by Gasteiger charge is -2.22. The summed E-state index contributed by atoms with van der Waals surface area (Å²) in [6.07, 6.45) is 1.87. The number of nitrogens with one attached hydrogen (secondary N) is 2. The highest BCUT2D eigenvalue weighted by atomic mass is 16.5. The molecule has 1 aromatic heterocycles. The SMILES string of the molecule is COc1ccc(C[C@@]2(C)NC(=O)N(CC(=O)c3ccc[nH]3)C2=O)cc1OC. The average molecular weight is 371 g/mol. The Morgan fingerprint density at radius 3 is 2.52 bits per heavy atom. The van der Waals surface area contributed by atoms with E-state index in [1.807, 2.05) is 0 Å². The molecule has 2 heterocycles. The molecule has 2 aromatic rings. The van der Waals surface area contributed by atoms with Crippen LogP contribution < -0.4 is 14.8 Å². The second-order valence-corrected chi connectivity index (χ2v) is 6.53. The predicted octanol–water partition coefficient (Wildman–Crippen LogP) is 1.77. The third-order valence-corrected chi connectivity index (χ3v) is 4.55. The highest BCUT2D eigenvalue weighted by molar-refractivity contribution is 6.10. The van der Waals surface area contributed by atoms with Crippen LogP contribution in [0.3, 0.4) is 0 Å². The van der Waals surface area contributed by atoms with Gasteiger partial charge >= 0.3 is 6.03 Å². The molecule has 0 bridgehead atoms. The number of nitrogens with zero attached hydrogens (tertiary/aromatic N) is 1. The van der Waals surface area contributed by atoms with Gasteiger partial charge in [0, 0.05) is 12.6 Å². The molecule has 3 rings (SSSR count). The summed E-state index contributed by atoms with van der Waals surface area (Å²) in [5.41, 5.74) is -0.00221. The number of aromatic nitrogens is 1. The van der Waals surface area contributed by atoms with Gasteiger partial charge in [0.05, 0.1) is 26.5 Å². The number of methoxy groups -OCH3 is 2. The first-order valence-electron chi connectivity index (χ1n) is 8.39. The van der Waals surface area contributed by atoms with Crippen molar-refractivity contribution in [3.8, 4) is 11.5 Å². The van der Waals surface area contributed by atoms with Crippen LogP contribution in [0.15, 0.2) is 36.5 Å². The van der Waals surface area contributed by atoms with Crippen LogP contribution in [0.2, 0.25) is 0 Å². The van der Waals surface area contributed by atoms with Crippen LogP contribution in [0.4, 0.5) is 4.79 Å². The van der Waals surface area contributed by atoms with Crippen molar-refractivity contribution in [3.63, 3.8) is 0 Å². The fourth-order valence-electron chi connectivity index (χ4n) is 3.14. The predicted molar refractivity (Wildman–Crippen MR) is 97.0 cm³/mol. The van der Waals surface area contributed by atoms with Crippen molar-refractivity contribution in [1.82, 2.24) is 15.2 Å². The number of rotatable bonds is 7. The number of hydrogen-bond acceptors (Lipinski definition) is 5. The highest BCUT2D eigenvalue weighted by Crippen LogP contribution is 2.30. The zero-order chi connectivity index (χ0) is 19.6. The summed E-state index contributed by atoms with van der Waals surface area (Å²) >= 11 is 0. The number of ether oxygens (including phenoxy) is 2. The van der Waals surface area contributed by atoms with E-state index in [0.717, 1.165) is 10.5 Å². The first kappa shape index (κ1) is 18.5. The lowest BCUT2D eigenvalue weighted by Crippen LogP contribution is -2.46. The van der Waals surface area contributed by atoms with Crippen molar-refractivity contribution < 1.29 is 23.9 Å². The van der Waals surface area contributed by atoms with Crippen molar-refractivity contribution in [3.05, 3.63) is 47.8 Å². The molecule has 1 saturated heterocycles.